The van der Waals surface area contributed by atoms with E-state index in [1.165, 1.54) is 65.3 Å². The van der Waals surface area contributed by atoms with Crippen molar-refractivity contribution in [3.8, 4) is 45.3 Å². The second-order valence-electron chi connectivity index (χ2n) is 15.9. The van der Waals surface area contributed by atoms with Crippen molar-refractivity contribution in [1.29, 1.82) is 0 Å². The molecule has 13 rings (SSSR count). The van der Waals surface area contributed by atoms with Crippen LogP contribution in [0.1, 0.15) is 0 Å². The molecule has 0 atom stereocenters. The highest BCUT2D eigenvalue weighted by molar-refractivity contribution is 6.29. The van der Waals surface area contributed by atoms with E-state index < -0.39 is 0 Å². The summed E-state index contributed by atoms with van der Waals surface area (Å²) in [7, 11) is 0. The Labute approximate surface area is 355 Å². The molecule has 0 aliphatic carbocycles. The zero-order valence-electron chi connectivity index (χ0n) is 33.3. The lowest BCUT2D eigenvalue weighted by Gasteiger charge is -2.14. The van der Waals surface area contributed by atoms with Crippen LogP contribution in [0.15, 0.2) is 207 Å². The second-order valence-corrected chi connectivity index (χ2v) is 15.9. The zero-order chi connectivity index (χ0) is 40.7. The molecule has 0 saturated carbocycles. The smallest absolute Gasteiger partial charge is 0.235 e. The van der Waals surface area contributed by atoms with Crippen LogP contribution in [0.2, 0.25) is 0 Å². The molecule has 0 bridgehead atoms. The van der Waals surface area contributed by atoms with Gasteiger partial charge >= 0.3 is 0 Å². The van der Waals surface area contributed by atoms with E-state index in [1.54, 1.807) is 12.4 Å². The van der Waals surface area contributed by atoms with E-state index in [1.807, 2.05) is 42.7 Å². The highest BCUT2D eigenvalue weighted by Crippen LogP contribution is 2.43. The van der Waals surface area contributed by atoms with Crippen molar-refractivity contribution >= 4 is 75.9 Å². The van der Waals surface area contributed by atoms with Crippen molar-refractivity contribution in [2.45, 2.75) is 0 Å². The first-order valence-corrected chi connectivity index (χ1v) is 20.9. The van der Waals surface area contributed by atoms with Gasteiger partial charge in [-0.1, -0.05) is 97.1 Å². The lowest BCUT2D eigenvalue weighted by Crippen LogP contribution is -2.04. The monoisotopic (exact) mass is 790 g/mol. The Morgan fingerprint density at radius 3 is 1.44 bits per heavy atom. The van der Waals surface area contributed by atoms with Crippen LogP contribution in [0.25, 0.3) is 121 Å². The van der Waals surface area contributed by atoms with Gasteiger partial charge < -0.3 is 4.57 Å². The first-order chi connectivity index (χ1) is 30.7. The third-order valence-electron chi connectivity index (χ3n) is 12.5. The number of hydrogen-bond donors (Lipinski definition) is 0. The van der Waals surface area contributed by atoms with Crippen LogP contribution < -0.4 is 0 Å². The minimum absolute atomic E-state index is 0.592. The molecule has 0 saturated heterocycles. The molecule has 6 heteroatoms. The molecule has 62 heavy (non-hydrogen) atoms. The average molecular weight is 791 g/mol. The third kappa shape index (κ3) is 5.23. The SMILES string of the molecule is c1ccc(-n2c3ccccc3c3cc(-c4ccc5c(c4)c4ccccc4c4cc6c(cc54)c4ccccc4n6-c4nc(-c5cccnc5)cc(-c5cccnc5)n4)ccc32)cc1. The molecule has 0 amide bonds. The number of nitrogens with zero attached hydrogens (tertiary/aromatic N) is 6. The van der Waals surface area contributed by atoms with Gasteiger partial charge in [0.2, 0.25) is 5.95 Å². The van der Waals surface area contributed by atoms with Crippen molar-refractivity contribution in [3.63, 3.8) is 0 Å². The lowest BCUT2D eigenvalue weighted by atomic mass is 9.91. The molecule has 288 valence electrons. The molecule has 0 unspecified atom stereocenters. The largest absolute Gasteiger partial charge is 0.309 e. The van der Waals surface area contributed by atoms with Crippen molar-refractivity contribution in [2.75, 3.05) is 0 Å². The summed E-state index contributed by atoms with van der Waals surface area (Å²) >= 11 is 0. The number of pyridine rings is 2. The summed E-state index contributed by atoms with van der Waals surface area (Å²) in [4.78, 5) is 19.3. The summed E-state index contributed by atoms with van der Waals surface area (Å²) < 4.78 is 4.59. The zero-order valence-corrected chi connectivity index (χ0v) is 33.3. The summed E-state index contributed by atoms with van der Waals surface area (Å²) in [6.07, 6.45) is 7.27. The van der Waals surface area contributed by atoms with Crippen molar-refractivity contribution < 1.29 is 0 Å². The van der Waals surface area contributed by atoms with Gasteiger partial charge in [-0.15, -0.1) is 0 Å². The topological polar surface area (TPSA) is 61.4 Å². The Kier molecular flexibility index (Phi) is 7.50. The Morgan fingerprint density at radius 1 is 0.290 bits per heavy atom. The Hall–Kier alpha value is -8.48. The van der Waals surface area contributed by atoms with Gasteiger partial charge in [-0.2, -0.15) is 0 Å². The second kappa shape index (κ2) is 13.5. The van der Waals surface area contributed by atoms with E-state index in [0.29, 0.717) is 5.95 Å². The number of fused-ring (bicyclic) bond motifs is 12. The maximum absolute atomic E-state index is 5.25. The number of benzene rings is 8. The van der Waals surface area contributed by atoms with E-state index in [2.05, 4.69) is 171 Å². The van der Waals surface area contributed by atoms with Crippen LogP contribution in [0, 0.1) is 0 Å². The molecular formula is C56H34N6. The minimum atomic E-state index is 0.592. The van der Waals surface area contributed by atoms with E-state index in [0.717, 1.165) is 50.0 Å². The van der Waals surface area contributed by atoms with Crippen LogP contribution in [0.3, 0.4) is 0 Å². The predicted molar refractivity (Wildman–Crippen MR) is 255 cm³/mol. The predicted octanol–water partition coefficient (Wildman–Crippen LogP) is 13.9. The number of para-hydroxylation sites is 3. The summed E-state index contributed by atoms with van der Waals surface area (Å²) in [5.74, 6) is 0.592. The summed E-state index contributed by atoms with van der Waals surface area (Å²) in [5, 5.41) is 12.0. The van der Waals surface area contributed by atoms with Crippen molar-refractivity contribution in [3.05, 3.63) is 207 Å². The summed E-state index contributed by atoms with van der Waals surface area (Å²) in [5.41, 5.74) is 11.5. The summed E-state index contributed by atoms with van der Waals surface area (Å²) in [6, 6.07) is 65.4. The molecule has 5 aromatic heterocycles. The van der Waals surface area contributed by atoms with Crippen molar-refractivity contribution in [1.82, 2.24) is 29.1 Å². The van der Waals surface area contributed by atoms with Crippen LogP contribution in [-0.2, 0) is 0 Å². The van der Waals surface area contributed by atoms with Gasteiger partial charge in [0.15, 0.2) is 0 Å². The van der Waals surface area contributed by atoms with E-state index in [4.69, 9.17) is 9.97 Å². The third-order valence-corrected chi connectivity index (χ3v) is 12.5. The van der Waals surface area contributed by atoms with Gasteiger partial charge in [-0.05, 0) is 128 Å². The van der Waals surface area contributed by atoms with Gasteiger partial charge in [-0.25, -0.2) is 9.97 Å². The number of rotatable bonds is 5. The van der Waals surface area contributed by atoms with Gasteiger partial charge in [-0.3, -0.25) is 14.5 Å². The quantitative estimate of drug-likeness (QED) is 0.163. The maximum Gasteiger partial charge on any atom is 0.235 e. The molecule has 8 aromatic carbocycles. The molecule has 0 N–H and O–H groups in total. The molecule has 0 aliphatic rings. The van der Waals surface area contributed by atoms with Crippen molar-refractivity contribution in [2.24, 2.45) is 0 Å². The van der Waals surface area contributed by atoms with Crippen LogP contribution in [0.5, 0.6) is 0 Å². The number of aromatic nitrogens is 6. The molecule has 0 spiro atoms. The molecule has 5 heterocycles. The molecule has 0 radical (unpaired) electrons. The fraction of sp³-hybridized carbons (Fsp3) is 0. The van der Waals surface area contributed by atoms with Gasteiger partial charge in [0, 0.05) is 63.1 Å². The normalized spacial score (nSPS) is 11.9. The fourth-order valence-electron chi connectivity index (χ4n) is 9.68. The van der Waals surface area contributed by atoms with E-state index >= 15 is 0 Å². The molecule has 13 aromatic rings. The molecule has 0 fully saturated rings. The Balaban J connectivity index is 1.04. The van der Waals surface area contributed by atoms with Gasteiger partial charge in [0.25, 0.3) is 0 Å². The van der Waals surface area contributed by atoms with Crippen LogP contribution in [0.4, 0.5) is 0 Å². The highest BCUT2D eigenvalue weighted by atomic mass is 15.2. The minimum Gasteiger partial charge on any atom is -0.309 e. The average Bonchev–Trinajstić information content (AvgIpc) is 3.86. The standard InChI is InChI=1S/C56H34N6/c1-2-14-39(15-3-1)61-52-20-8-6-18-43(52)48-29-36(23-25-54(48)61)35-22-24-42-45(28-35)40-16-4-5-17-41(40)47-31-55-49(30-46(42)47)44-19-7-9-21-53(44)62(55)56-59-50(37-12-10-26-57-33-37)32-51(60-56)38-13-11-27-58-34-38/h1-34H. The Bertz CT molecular complexity index is 3850. The van der Waals surface area contributed by atoms with Gasteiger partial charge in [0.05, 0.1) is 33.5 Å². The lowest BCUT2D eigenvalue weighted by molar-refractivity contribution is 0.994. The maximum atomic E-state index is 5.25. The van der Waals surface area contributed by atoms with E-state index in [9.17, 15) is 0 Å². The number of hydrogen-bond acceptors (Lipinski definition) is 4. The van der Waals surface area contributed by atoms with Gasteiger partial charge in [0.1, 0.15) is 0 Å². The first kappa shape index (κ1) is 34.4. The van der Waals surface area contributed by atoms with E-state index in [-0.39, 0.29) is 0 Å². The highest BCUT2D eigenvalue weighted by Gasteiger charge is 2.20. The Morgan fingerprint density at radius 2 is 0.790 bits per heavy atom. The molecular weight excluding hydrogens is 757 g/mol. The fourth-order valence-corrected chi connectivity index (χ4v) is 9.68. The molecule has 0 aliphatic heterocycles. The summed E-state index contributed by atoms with van der Waals surface area (Å²) in [6.45, 7) is 0. The molecule has 6 nitrogen and oxygen atoms in total. The van der Waals surface area contributed by atoms with Crippen LogP contribution >= 0.6 is 0 Å². The van der Waals surface area contributed by atoms with Crippen LogP contribution in [-0.4, -0.2) is 29.1 Å². The first-order valence-electron chi connectivity index (χ1n) is 20.9.